The third-order valence-corrected chi connectivity index (χ3v) is 7.78. The van der Waals surface area contributed by atoms with Crippen LogP contribution in [0.3, 0.4) is 0 Å². The molecular formula is C26H22FN3O3S. The molecule has 8 heteroatoms. The molecule has 2 aromatic heterocycles. The van der Waals surface area contributed by atoms with Crippen LogP contribution in [0.15, 0.2) is 60.7 Å². The lowest BCUT2D eigenvalue weighted by Gasteiger charge is -2.39. The number of aromatic nitrogens is 2. The second-order valence-electron chi connectivity index (χ2n) is 8.90. The molecule has 3 heterocycles. The summed E-state index contributed by atoms with van der Waals surface area (Å²) in [5.74, 6) is -0.351. The molecule has 1 aliphatic heterocycles. The quantitative estimate of drug-likeness (QED) is 0.355. The van der Waals surface area contributed by atoms with E-state index in [0.29, 0.717) is 23.5 Å². The SMILES string of the molecule is O=C(O)O[C@H]1CCN1Cc1ccc(-c2nc3ccc(C4(c5ccccc5)CC4)nc3s2)c(F)c1. The van der Waals surface area contributed by atoms with E-state index in [0.717, 1.165) is 41.0 Å². The summed E-state index contributed by atoms with van der Waals surface area (Å²) in [4.78, 5) is 23.0. The number of nitrogens with zero attached hydrogens (tertiary/aromatic N) is 3. The van der Waals surface area contributed by atoms with Gasteiger partial charge in [0.15, 0.2) is 6.23 Å². The zero-order valence-electron chi connectivity index (χ0n) is 18.3. The van der Waals surface area contributed by atoms with Gasteiger partial charge in [-0.3, -0.25) is 4.90 Å². The summed E-state index contributed by atoms with van der Waals surface area (Å²) >= 11 is 1.40. The van der Waals surface area contributed by atoms with Crippen molar-refractivity contribution in [3.8, 4) is 10.6 Å². The lowest BCUT2D eigenvalue weighted by molar-refractivity contribution is -0.0999. The minimum Gasteiger partial charge on any atom is -0.450 e. The number of ether oxygens (including phenoxy) is 1. The van der Waals surface area contributed by atoms with Gasteiger partial charge in [-0.05, 0) is 48.2 Å². The van der Waals surface area contributed by atoms with Crippen LogP contribution < -0.4 is 0 Å². The number of rotatable bonds is 6. The Morgan fingerprint density at radius 2 is 1.97 bits per heavy atom. The highest BCUT2D eigenvalue weighted by atomic mass is 32.1. The van der Waals surface area contributed by atoms with E-state index in [4.69, 9.17) is 14.8 Å². The molecule has 0 unspecified atom stereocenters. The van der Waals surface area contributed by atoms with Gasteiger partial charge < -0.3 is 9.84 Å². The van der Waals surface area contributed by atoms with E-state index < -0.39 is 12.4 Å². The molecule has 2 aromatic carbocycles. The van der Waals surface area contributed by atoms with E-state index in [9.17, 15) is 4.79 Å². The summed E-state index contributed by atoms with van der Waals surface area (Å²) in [7, 11) is 0. The number of fused-ring (bicyclic) bond motifs is 1. The summed E-state index contributed by atoms with van der Waals surface area (Å²) in [6.45, 7) is 1.15. The highest BCUT2D eigenvalue weighted by molar-refractivity contribution is 7.21. The van der Waals surface area contributed by atoms with Gasteiger partial charge in [-0.15, -0.1) is 0 Å². The Hall–Kier alpha value is -3.36. The Labute approximate surface area is 199 Å². The first kappa shape index (κ1) is 21.2. The Bertz CT molecular complexity index is 1390. The van der Waals surface area contributed by atoms with E-state index in [1.807, 2.05) is 29.2 Å². The van der Waals surface area contributed by atoms with E-state index in [1.165, 1.54) is 23.0 Å². The van der Waals surface area contributed by atoms with Crippen molar-refractivity contribution in [2.75, 3.05) is 6.54 Å². The van der Waals surface area contributed by atoms with Crippen molar-refractivity contribution < 1.29 is 19.0 Å². The van der Waals surface area contributed by atoms with Gasteiger partial charge >= 0.3 is 6.16 Å². The molecule has 1 aliphatic carbocycles. The second-order valence-corrected chi connectivity index (χ2v) is 9.88. The van der Waals surface area contributed by atoms with Crippen LogP contribution in [0.25, 0.3) is 20.9 Å². The first-order valence-corrected chi connectivity index (χ1v) is 12.1. The van der Waals surface area contributed by atoms with Gasteiger partial charge in [-0.1, -0.05) is 47.7 Å². The number of carboxylic acid groups (broad SMARTS) is 1. The van der Waals surface area contributed by atoms with Gasteiger partial charge in [0.2, 0.25) is 0 Å². The molecule has 0 spiro atoms. The Morgan fingerprint density at radius 1 is 1.15 bits per heavy atom. The molecule has 1 atom stereocenters. The molecule has 2 aliphatic rings. The average Bonchev–Trinajstić information content (AvgIpc) is 3.54. The van der Waals surface area contributed by atoms with E-state index in [2.05, 4.69) is 29.2 Å². The predicted octanol–water partition coefficient (Wildman–Crippen LogP) is 5.80. The normalized spacial score (nSPS) is 19.0. The van der Waals surface area contributed by atoms with Gasteiger partial charge in [-0.2, -0.15) is 0 Å². The molecule has 6 rings (SSSR count). The topological polar surface area (TPSA) is 75.6 Å². The fourth-order valence-electron chi connectivity index (χ4n) is 4.69. The van der Waals surface area contributed by atoms with Crippen molar-refractivity contribution in [1.29, 1.82) is 0 Å². The zero-order valence-corrected chi connectivity index (χ0v) is 19.1. The van der Waals surface area contributed by atoms with Gasteiger partial charge in [0.25, 0.3) is 0 Å². The van der Waals surface area contributed by atoms with Crippen molar-refractivity contribution >= 4 is 27.8 Å². The van der Waals surface area contributed by atoms with Crippen LogP contribution in [0.1, 0.15) is 36.1 Å². The summed E-state index contributed by atoms with van der Waals surface area (Å²) < 4.78 is 19.9. The van der Waals surface area contributed by atoms with E-state index in [1.54, 1.807) is 6.07 Å². The highest BCUT2D eigenvalue weighted by Gasteiger charge is 2.47. The van der Waals surface area contributed by atoms with Crippen LogP contribution in [0.2, 0.25) is 0 Å². The molecule has 1 saturated heterocycles. The van der Waals surface area contributed by atoms with Crippen molar-refractivity contribution in [2.45, 2.75) is 37.5 Å². The fourth-order valence-corrected chi connectivity index (χ4v) is 5.65. The summed E-state index contributed by atoms with van der Waals surface area (Å²) in [6, 6.07) is 19.6. The minimum absolute atomic E-state index is 0.0223. The molecule has 4 aromatic rings. The maximum atomic E-state index is 15.0. The maximum absolute atomic E-state index is 15.0. The van der Waals surface area contributed by atoms with Crippen LogP contribution in [0.4, 0.5) is 9.18 Å². The highest BCUT2D eigenvalue weighted by Crippen LogP contribution is 2.53. The molecular weight excluding hydrogens is 453 g/mol. The largest absolute Gasteiger partial charge is 0.507 e. The van der Waals surface area contributed by atoms with Gasteiger partial charge in [-0.25, -0.2) is 19.2 Å². The Kier molecular flexibility index (Phi) is 5.08. The number of halogens is 1. The number of pyridine rings is 1. The lowest BCUT2D eigenvalue weighted by Crippen LogP contribution is -2.49. The standard InChI is InChI=1S/C26H22FN3O3S/c27-19-14-16(15-30-13-10-22(30)33-25(31)32)6-7-18(19)23-28-20-8-9-21(29-24(20)34-23)26(11-12-26)17-4-2-1-3-5-17/h1-9,14,22H,10-13,15H2,(H,31,32)/t22-/m0/s1. The van der Waals surface area contributed by atoms with Crippen LogP contribution in [0.5, 0.6) is 0 Å². The van der Waals surface area contributed by atoms with E-state index in [-0.39, 0.29) is 11.2 Å². The molecule has 1 N–H and O–H groups in total. The number of thiazole rings is 1. The van der Waals surface area contributed by atoms with Crippen LogP contribution in [0, 0.1) is 5.82 Å². The van der Waals surface area contributed by atoms with Crippen LogP contribution in [-0.2, 0) is 16.7 Å². The second kappa shape index (κ2) is 8.14. The predicted molar refractivity (Wildman–Crippen MR) is 127 cm³/mol. The summed E-state index contributed by atoms with van der Waals surface area (Å²) in [6.07, 6.45) is 1.05. The lowest BCUT2D eigenvalue weighted by atomic mass is 9.92. The van der Waals surface area contributed by atoms with Gasteiger partial charge in [0, 0.05) is 30.5 Å². The molecule has 0 bridgehead atoms. The molecule has 34 heavy (non-hydrogen) atoms. The Balaban J connectivity index is 1.25. The maximum Gasteiger partial charge on any atom is 0.507 e. The average molecular weight is 476 g/mol. The first-order chi connectivity index (χ1) is 16.5. The van der Waals surface area contributed by atoms with Crippen molar-refractivity contribution in [2.24, 2.45) is 0 Å². The zero-order chi connectivity index (χ0) is 23.3. The van der Waals surface area contributed by atoms with Crippen molar-refractivity contribution in [3.05, 3.63) is 83.3 Å². The van der Waals surface area contributed by atoms with Gasteiger partial charge in [0.1, 0.15) is 21.2 Å². The molecule has 2 fully saturated rings. The monoisotopic (exact) mass is 475 g/mol. The Morgan fingerprint density at radius 3 is 2.65 bits per heavy atom. The third-order valence-electron chi connectivity index (χ3n) is 6.78. The number of hydrogen-bond acceptors (Lipinski definition) is 6. The summed E-state index contributed by atoms with van der Waals surface area (Å²) in [5, 5.41) is 9.40. The molecule has 1 saturated carbocycles. The summed E-state index contributed by atoms with van der Waals surface area (Å²) in [5.41, 5.74) is 4.28. The van der Waals surface area contributed by atoms with Crippen molar-refractivity contribution in [3.63, 3.8) is 0 Å². The number of likely N-dealkylation sites (tertiary alicyclic amines) is 1. The van der Waals surface area contributed by atoms with Gasteiger partial charge in [0.05, 0.1) is 5.69 Å². The molecule has 0 amide bonds. The number of carbonyl (C=O) groups is 1. The number of hydrogen-bond donors (Lipinski definition) is 1. The first-order valence-electron chi connectivity index (χ1n) is 11.3. The third kappa shape index (κ3) is 3.73. The van der Waals surface area contributed by atoms with Crippen molar-refractivity contribution in [1.82, 2.24) is 14.9 Å². The van der Waals surface area contributed by atoms with Crippen LogP contribution in [-0.4, -0.2) is 38.9 Å². The number of benzene rings is 2. The molecule has 6 nitrogen and oxygen atoms in total. The smallest absolute Gasteiger partial charge is 0.450 e. The van der Waals surface area contributed by atoms with E-state index >= 15 is 4.39 Å². The van der Waals surface area contributed by atoms with Crippen LogP contribution >= 0.6 is 11.3 Å². The minimum atomic E-state index is -1.29. The molecule has 0 radical (unpaired) electrons. The fraction of sp³-hybridized carbons (Fsp3) is 0.269. The molecule has 172 valence electrons.